The van der Waals surface area contributed by atoms with Gasteiger partial charge in [0.25, 0.3) is 0 Å². The van der Waals surface area contributed by atoms with Crippen molar-refractivity contribution in [2.45, 2.75) is 23.8 Å². The van der Waals surface area contributed by atoms with Crippen LogP contribution in [0.1, 0.15) is 13.8 Å². The molecule has 0 saturated heterocycles. The van der Waals surface area contributed by atoms with Gasteiger partial charge in [-0.1, -0.05) is 25.6 Å². The van der Waals surface area contributed by atoms with Crippen LogP contribution in [0, 0.1) is 5.82 Å². The maximum absolute atomic E-state index is 13.3. The Morgan fingerprint density at radius 2 is 1.75 bits per heavy atom. The molecule has 0 unspecified atom stereocenters. The van der Waals surface area contributed by atoms with Gasteiger partial charge in [-0.3, -0.25) is 4.98 Å². The van der Waals surface area contributed by atoms with Crippen LogP contribution < -0.4 is 0 Å². The van der Waals surface area contributed by atoms with E-state index in [2.05, 4.69) is 15.0 Å². The first-order chi connectivity index (χ1) is 9.83. The molecular weight excluding hydrogens is 273 g/mol. The lowest BCUT2D eigenvalue weighted by Gasteiger charge is -2.04. The average molecular weight is 287 g/mol. The topological polar surface area (TPSA) is 38.7 Å². The monoisotopic (exact) mass is 287 g/mol. The summed E-state index contributed by atoms with van der Waals surface area (Å²) in [6.45, 7) is 4.00. The second kappa shape index (κ2) is 6.96. The fraction of sp³-hybridized carbons (Fsp3) is 0.133. The van der Waals surface area contributed by atoms with Crippen LogP contribution in [0.15, 0.2) is 59.0 Å². The van der Waals surface area contributed by atoms with Crippen molar-refractivity contribution >= 4 is 22.7 Å². The first-order valence-corrected chi connectivity index (χ1v) is 7.13. The van der Waals surface area contributed by atoms with Crippen LogP contribution in [0.25, 0.3) is 10.9 Å². The Kier molecular flexibility index (Phi) is 5.01. The van der Waals surface area contributed by atoms with E-state index in [9.17, 15) is 4.39 Å². The van der Waals surface area contributed by atoms with Crippen LogP contribution in [-0.2, 0) is 0 Å². The van der Waals surface area contributed by atoms with E-state index in [1.807, 2.05) is 26.0 Å². The van der Waals surface area contributed by atoms with E-state index in [0.29, 0.717) is 0 Å². The number of rotatable bonds is 2. The molecule has 5 heteroatoms. The van der Waals surface area contributed by atoms with Gasteiger partial charge in [0.2, 0.25) is 0 Å². The fourth-order valence-corrected chi connectivity index (χ4v) is 2.46. The molecule has 0 radical (unpaired) electrons. The Bertz CT molecular complexity index is 689. The summed E-state index contributed by atoms with van der Waals surface area (Å²) in [4.78, 5) is 13.3. The van der Waals surface area contributed by atoms with Crippen molar-refractivity contribution in [3.8, 4) is 0 Å². The number of fused-ring (bicyclic) bond motifs is 1. The van der Waals surface area contributed by atoms with E-state index in [1.54, 1.807) is 18.5 Å². The number of halogens is 1. The lowest BCUT2D eigenvalue weighted by molar-refractivity contribution is 0.629. The Morgan fingerprint density at radius 1 is 1.00 bits per heavy atom. The first-order valence-electron chi connectivity index (χ1n) is 6.31. The molecule has 2 aromatic heterocycles. The van der Waals surface area contributed by atoms with Crippen molar-refractivity contribution in [2.24, 2.45) is 0 Å². The highest BCUT2D eigenvalue weighted by atomic mass is 32.2. The number of hydrogen-bond acceptors (Lipinski definition) is 4. The maximum atomic E-state index is 13.3. The van der Waals surface area contributed by atoms with Crippen molar-refractivity contribution in [2.75, 3.05) is 0 Å². The molecule has 3 nitrogen and oxygen atoms in total. The smallest absolute Gasteiger partial charge is 0.124 e. The summed E-state index contributed by atoms with van der Waals surface area (Å²) in [6, 6.07) is 8.29. The third-order valence-electron chi connectivity index (χ3n) is 2.43. The summed E-state index contributed by atoms with van der Waals surface area (Å²) in [6.07, 6.45) is 4.92. The minimum absolute atomic E-state index is 0.283. The number of pyridine rings is 1. The zero-order valence-corrected chi connectivity index (χ0v) is 12.1. The Balaban J connectivity index is 0.000000704. The third-order valence-corrected chi connectivity index (χ3v) is 3.45. The predicted molar refractivity (Wildman–Crippen MR) is 79.2 cm³/mol. The van der Waals surface area contributed by atoms with Crippen LogP contribution in [0.3, 0.4) is 0 Å². The summed E-state index contributed by atoms with van der Waals surface area (Å²) in [5.41, 5.74) is 0.739. The number of nitrogens with zero attached hydrogens (tertiary/aromatic N) is 3. The molecule has 0 bridgehead atoms. The Labute approximate surface area is 121 Å². The van der Waals surface area contributed by atoms with E-state index in [4.69, 9.17) is 0 Å². The van der Waals surface area contributed by atoms with Crippen molar-refractivity contribution in [3.05, 3.63) is 54.9 Å². The van der Waals surface area contributed by atoms with Gasteiger partial charge in [-0.05, 0) is 30.3 Å². The maximum Gasteiger partial charge on any atom is 0.124 e. The Morgan fingerprint density at radius 3 is 2.50 bits per heavy atom. The number of benzene rings is 1. The molecule has 3 rings (SSSR count). The molecule has 0 aliphatic carbocycles. The van der Waals surface area contributed by atoms with Gasteiger partial charge in [-0.25, -0.2) is 14.4 Å². The molecule has 20 heavy (non-hydrogen) atoms. The lowest BCUT2D eigenvalue weighted by atomic mass is 10.2. The highest BCUT2D eigenvalue weighted by Crippen LogP contribution is 2.30. The minimum Gasteiger partial charge on any atom is -0.265 e. The number of hydrogen-bond donors (Lipinski definition) is 0. The lowest BCUT2D eigenvalue weighted by Crippen LogP contribution is -1.88. The molecule has 2 heterocycles. The summed E-state index contributed by atoms with van der Waals surface area (Å²) < 4.78 is 13.3. The van der Waals surface area contributed by atoms with E-state index in [-0.39, 0.29) is 5.82 Å². The highest BCUT2D eigenvalue weighted by molar-refractivity contribution is 7.99. The zero-order chi connectivity index (χ0) is 14.4. The van der Waals surface area contributed by atoms with Crippen LogP contribution in [0.5, 0.6) is 0 Å². The van der Waals surface area contributed by atoms with E-state index in [1.165, 1.54) is 30.2 Å². The van der Waals surface area contributed by atoms with Crippen molar-refractivity contribution in [1.82, 2.24) is 15.0 Å². The molecule has 0 aliphatic rings. The summed E-state index contributed by atoms with van der Waals surface area (Å²) in [5.74, 6) is -0.283. The molecule has 0 amide bonds. The van der Waals surface area contributed by atoms with Gasteiger partial charge >= 0.3 is 0 Å². The van der Waals surface area contributed by atoms with Crippen molar-refractivity contribution in [3.63, 3.8) is 0 Å². The molecule has 1 aromatic carbocycles. The van der Waals surface area contributed by atoms with Gasteiger partial charge in [0.05, 0.1) is 5.52 Å². The van der Waals surface area contributed by atoms with Crippen LogP contribution in [-0.4, -0.2) is 15.0 Å². The molecular formula is C15H14FN3S. The Hall–Kier alpha value is -2.01. The molecule has 0 atom stereocenters. The SMILES string of the molecule is CC.Fc1ccc2ncnc(Sc3ccncc3)c2c1. The van der Waals surface area contributed by atoms with Crippen LogP contribution >= 0.6 is 11.8 Å². The van der Waals surface area contributed by atoms with E-state index < -0.39 is 0 Å². The molecule has 0 saturated carbocycles. The predicted octanol–water partition coefficient (Wildman–Crippen LogP) is 4.34. The van der Waals surface area contributed by atoms with Gasteiger partial charge in [-0.2, -0.15) is 0 Å². The van der Waals surface area contributed by atoms with Crippen molar-refractivity contribution < 1.29 is 4.39 Å². The summed E-state index contributed by atoms with van der Waals surface area (Å²) >= 11 is 1.47. The second-order valence-electron chi connectivity index (χ2n) is 3.63. The summed E-state index contributed by atoms with van der Waals surface area (Å²) in [7, 11) is 0. The molecule has 0 aliphatic heterocycles. The molecule has 0 spiro atoms. The van der Waals surface area contributed by atoms with Gasteiger partial charge in [0, 0.05) is 22.7 Å². The zero-order valence-electron chi connectivity index (χ0n) is 11.2. The third kappa shape index (κ3) is 3.30. The molecule has 3 aromatic rings. The van der Waals surface area contributed by atoms with Gasteiger partial charge < -0.3 is 0 Å². The van der Waals surface area contributed by atoms with Crippen LogP contribution in [0.2, 0.25) is 0 Å². The largest absolute Gasteiger partial charge is 0.265 e. The van der Waals surface area contributed by atoms with Gasteiger partial charge in [0.1, 0.15) is 17.2 Å². The fourth-order valence-electron chi connectivity index (χ4n) is 1.60. The standard InChI is InChI=1S/C13H8FN3S.C2H6/c14-9-1-2-12-11(7-9)13(17-8-16-12)18-10-3-5-15-6-4-10;1-2/h1-8H;1-2H3. The quantitative estimate of drug-likeness (QED) is 0.657. The highest BCUT2D eigenvalue weighted by Gasteiger charge is 2.06. The average Bonchev–Trinajstić information content (AvgIpc) is 2.51. The van der Waals surface area contributed by atoms with Crippen LogP contribution in [0.4, 0.5) is 4.39 Å². The molecule has 102 valence electrons. The van der Waals surface area contributed by atoms with Crippen molar-refractivity contribution in [1.29, 1.82) is 0 Å². The normalized spacial score (nSPS) is 9.95. The second-order valence-corrected chi connectivity index (χ2v) is 4.69. The number of aromatic nitrogens is 3. The van der Waals surface area contributed by atoms with E-state index in [0.717, 1.165) is 20.8 Å². The molecule has 0 N–H and O–H groups in total. The van der Waals surface area contributed by atoms with Gasteiger partial charge in [0.15, 0.2) is 0 Å². The van der Waals surface area contributed by atoms with Gasteiger partial charge in [-0.15, -0.1) is 0 Å². The summed E-state index contributed by atoms with van der Waals surface area (Å²) in [5, 5.41) is 1.46. The van der Waals surface area contributed by atoms with E-state index >= 15 is 0 Å². The first kappa shape index (κ1) is 14.4. The minimum atomic E-state index is -0.283. The molecule has 0 fully saturated rings.